The van der Waals surface area contributed by atoms with Gasteiger partial charge in [-0.15, -0.1) is 0 Å². The lowest BCUT2D eigenvalue weighted by molar-refractivity contribution is 0.394. The van der Waals surface area contributed by atoms with Crippen LogP contribution in [0.2, 0.25) is 5.02 Å². The molecule has 1 aromatic rings. The summed E-state index contributed by atoms with van der Waals surface area (Å²) in [6.07, 6.45) is 7.21. The first kappa shape index (κ1) is 20.0. The summed E-state index contributed by atoms with van der Waals surface area (Å²) in [6.45, 7) is 6.42. The molecule has 0 saturated carbocycles. The number of hydrogen-bond donors (Lipinski definition) is 1. The van der Waals surface area contributed by atoms with Gasteiger partial charge in [0.25, 0.3) is 0 Å². The van der Waals surface area contributed by atoms with Crippen LogP contribution in [0, 0.1) is 0 Å². The van der Waals surface area contributed by atoms with E-state index in [0.717, 1.165) is 42.5 Å². The highest BCUT2D eigenvalue weighted by molar-refractivity contribution is 7.80. The predicted octanol–water partition coefficient (Wildman–Crippen LogP) is 5.73. The number of halogens is 1. The van der Waals surface area contributed by atoms with Gasteiger partial charge in [-0.2, -0.15) is 0 Å². The van der Waals surface area contributed by atoms with Gasteiger partial charge in [0.2, 0.25) is 0 Å². The van der Waals surface area contributed by atoms with Crippen molar-refractivity contribution in [3.8, 4) is 5.75 Å². The van der Waals surface area contributed by atoms with Crippen molar-refractivity contribution in [2.45, 2.75) is 52.4 Å². The lowest BCUT2D eigenvalue weighted by Crippen LogP contribution is -2.36. The molecule has 0 aliphatic rings. The molecule has 0 saturated heterocycles. The van der Waals surface area contributed by atoms with Crippen molar-refractivity contribution in [3.63, 3.8) is 0 Å². The van der Waals surface area contributed by atoms with Gasteiger partial charge < -0.3 is 15.0 Å². The minimum atomic E-state index is 0.666. The van der Waals surface area contributed by atoms with Crippen LogP contribution in [0.15, 0.2) is 18.2 Å². The van der Waals surface area contributed by atoms with E-state index in [-0.39, 0.29) is 0 Å². The molecule has 0 aromatic heterocycles. The lowest BCUT2D eigenvalue weighted by atomic mass is 10.2. The highest BCUT2D eigenvalue weighted by Crippen LogP contribution is 2.28. The van der Waals surface area contributed by atoms with E-state index in [1.54, 1.807) is 7.11 Å². The average Bonchev–Trinajstić information content (AvgIpc) is 2.54. The third-order valence-electron chi connectivity index (χ3n) is 3.75. The molecule has 0 unspecified atom stereocenters. The first-order valence-corrected chi connectivity index (χ1v) is 9.30. The van der Waals surface area contributed by atoms with Gasteiger partial charge in [0, 0.05) is 18.1 Å². The molecule has 1 aromatic carbocycles. The fourth-order valence-corrected chi connectivity index (χ4v) is 2.86. The Morgan fingerprint density at radius 3 is 2.26 bits per heavy atom. The second kappa shape index (κ2) is 11.5. The zero-order valence-electron chi connectivity index (χ0n) is 14.5. The summed E-state index contributed by atoms with van der Waals surface area (Å²) in [4.78, 5) is 2.26. The van der Waals surface area contributed by atoms with Crippen LogP contribution >= 0.6 is 23.8 Å². The first-order chi connectivity index (χ1) is 11.1. The van der Waals surface area contributed by atoms with Crippen molar-refractivity contribution in [2.24, 2.45) is 0 Å². The molecule has 0 heterocycles. The molecule has 0 spiro atoms. The van der Waals surface area contributed by atoms with Crippen molar-refractivity contribution in [1.29, 1.82) is 0 Å². The summed E-state index contributed by atoms with van der Waals surface area (Å²) in [5.41, 5.74) is 0.820. The number of anilines is 1. The van der Waals surface area contributed by atoms with E-state index in [0.29, 0.717) is 5.02 Å². The lowest BCUT2D eigenvalue weighted by Gasteiger charge is -2.26. The maximum absolute atomic E-state index is 6.09. The molecule has 0 aliphatic carbocycles. The molecule has 0 fully saturated rings. The van der Waals surface area contributed by atoms with E-state index in [9.17, 15) is 0 Å². The molecule has 0 atom stereocenters. The van der Waals surface area contributed by atoms with E-state index < -0.39 is 0 Å². The molecule has 1 rings (SSSR count). The average molecular weight is 357 g/mol. The van der Waals surface area contributed by atoms with Gasteiger partial charge in [-0.3, -0.25) is 0 Å². The highest BCUT2D eigenvalue weighted by atomic mass is 35.5. The Labute approximate surface area is 151 Å². The van der Waals surface area contributed by atoms with Crippen LogP contribution in [0.25, 0.3) is 0 Å². The number of hydrogen-bond acceptors (Lipinski definition) is 2. The molecule has 0 aliphatic heterocycles. The Morgan fingerprint density at radius 2 is 1.74 bits per heavy atom. The number of nitrogens with one attached hydrogen (secondary N) is 1. The summed E-state index contributed by atoms with van der Waals surface area (Å²) in [5.74, 6) is 0.749. The summed E-state index contributed by atoms with van der Waals surface area (Å²) in [5, 5.41) is 4.72. The van der Waals surface area contributed by atoms with Gasteiger partial charge in [-0.05, 0) is 43.3 Å². The van der Waals surface area contributed by atoms with Gasteiger partial charge in [0.05, 0.1) is 12.8 Å². The van der Waals surface area contributed by atoms with Crippen molar-refractivity contribution in [2.75, 3.05) is 25.5 Å². The minimum absolute atomic E-state index is 0.666. The van der Waals surface area contributed by atoms with Crippen molar-refractivity contribution in [3.05, 3.63) is 23.2 Å². The van der Waals surface area contributed by atoms with Crippen molar-refractivity contribution >= 4 is 34.6 Å². The zero-order chi connectivity index (χ0) is 17.1. The predicted molar refractivity (Wildman–Crippen MR) is 105 cm³/mol. The molecule has 5 heteroatoms. The maximum Gasteiger partial charge on any atom is 0.173 e. The summed E-state index contributed by atoms with van der Waals surface area (Å²) < 4.78 is 5.38. The monoisotopic (exact) mass is 356 g/mol. The van der Waals surface area contributed by atoms with Crippen LogP contribution in [0.3, 0.4) is 0 Å². The Hall–Kier alpha value is -1.00. The molecule has 0 radical (unpaired) electrons. The molecular weight excluding hydrogens is 328 g/mol. The van der Waals surface area contributed by atoms with Crippen molar-refractivity contribution < 1.29 is 4.74 Å². The van der Waals surface area contributed by atoms with Gasteiger partial charge in [-0.1, -0.05) is 51.1 Å². The quantitative estimate of drug-likeness (QED) is 0.427. The molecule has 1 N–H and O–H groups in total. The normalized spacial score (nSPS) is 10.4. The Morgan fingerprint density at radius 1 is 1.13 bits per heavy atom. The molecule has 130 valence electrons. The Bertz CT molecular complexity index is 472. The van der Waals surface area contributed by atoms with Gasteiger partial charge in [0.15, 0.2) is 5.11 Å². The smallest absolute Gasteiger partial charge is 0.173 e. The van der Waals surface area contributed by atoms with Gasteiger partial charge in [-0.25, -0.2) is 0 Å². The molecular formula is C18H29ClN2OS. The third-order valence-corrected chi connectivity index (χ3v) is 4.35. The second-order valence-corrected chi connectivity index (χ2v) is 6.50. The highest BCUT2D eigenvalue weighted by Gasteiger charge is 2.12. The fraction of sp³-hybridized carbons (Fsp3) is 0.611. The standard InChI is InChI=1S/C18H29ClN2OS/c1-4-6-8-12-21(13-9-7-5-2)18(23)20-16-14-15(19)10-11-17(16)22-3/h10-11,14H,4-9,12-13H2,1-3H3,(H,20,23). The number of benzene rings is 1. The first-order valence-electron chi connectivity index (χ1n) is 8.51. The van der Waals surface area contributed by atoms with Gasteiger partial charge in [0.1, 0.15) is 5.75 Å². The number of methoxy groups -OCH3 is 1. The van der Waals surface area contributed by atoms with Crippen LogP contribution in [0.5, 0.6) is 5.75 Å². The molecule has 0 amide bonds. The largest absolute Gasteiger partial charge is 0.495 e. The number of thiocarbonyl (C=S) groups is 1. The molecule has 3 nitrogen and oxygen atoms in total. The summed E-state index contributed by atoms with van der Waals surface area (Å²) in [6, 6.07) is 5.52. The van der Waals surface area contributed by atoms with Crippen LogP contribution in [-0.2, 0) is 0 Å². The minimum Gasteiger partial charge on any atom is -0.495 e. The number of ether oxygens (including phenoxy) is 1. The maximum atomic E-state index is 6.09. The third kappa shape index (κ3) is 7.40. The number of unbranched alkanes of at least 4 members (excludes halogenated alkanes) is 4. The van der Waals surface area contributed by atoms with E-state index in [4.69, 9.17) is 28.6 Å². The second-order valence-electron chi connectivity index (χ2n) is 5.68. The summed E-state index contributed by atoms with van der Waals surface area (Å²) in [7, 11) is 1.65. The van der Waals surface area contributed by atoms with E-state index in [1.807, 2.05) is 18.2 Å². The van der Waals surface area contributed by atoms with E-state index in [1.165, 1.54) is 25.7 Å². The van der Waals surface area contributed by atoms with Crippen LogP contribution in [0.4, 0.5) is 5.69 Å². The topological polar surface area (TPSA) is 24.5 Å². The van der Waals surface area contributed by atoms with Crippen LogP contribution in [-0.4, -0.2) is 30.2 Å². The van der Waals surface area contributed by atoms with Crippen molar-refractivity contribution in [1.82, 2.24) is 4.90 Å². The van der Waals surface area contributed by atoms with Gasteiger partial charge >= 0.3 is 0 Å². The van der Waals surface area contributed by atoms with E-state index >= 15 is 0 Å². The Balaban J connectivity index is 2.72. The zero-order valence-corrected chi connectivity index (χ0v) is 16.1. The number of nitrogens with zero attached hydrogens (tertiary/aromatic N) is 1. The Kier molecular flexibility index (Phi) is 10.0. The SMILES string of the molecule is CCCCCN(CCCCC)C(=S)Nc1cc(Cl)ccc1OC. The van der Waals surface area contributed by atoms with Crippen LogP contribution in [0.1, 0.15) is 52.4 Å². The molecule has 0 bridgehead atoms. The number of rotatable bonds is 10. The van der Waals surface area contributed by atoms with E-state index in [2.05, 4.69) is 24.1 Å². The summed E-state index contributed by atoms with van der Waals surface area (Å²) >= 11 is 11.7. The van der Waals surface area contributed by atoms with Crippen LogP contribution < -0.4 is 10.1 Å². The fourth-order valence-electron chi connectivity index (χ4n) is 2.39. The molecule has 23 heavy (non-hydrogen) atoms.